The molecule has 0 aliphatic rings. The van der Waals surface area contributed by atoms with Crippen LogP contribution in [0, 0.1) is 12.7 Å². The highest BCUT2D eigenvalue weighted by Gasteiger charge is 2.13. The van der Waals surface area contributed by atoms with Crippen LogP contribution in [0.3, 0.4) is 0 Å². The molecule has 0 saturated heterocycles. The van der Waals surface area contributed by atoms with E-state index in [0.29, 0.717) is 16.5 Å². The Morgan fingerprint density at radius 3 is 2.70 bits per heavy atom. The molecule has 0 aliphatic heterocycles. The summed E-state index contributed by atoms with van der Waals surface area (Å²) >= 11 is 6.11. The fourth-order valence-corrected chi connectivity index (χ4v) is 2.19. The number of hydrogen-bond acceptors (Lipinski definition) is 3. The Balaban J connectivity index is 2.13. The van der Waals surface area contributed by atoms with Gasteiger partial charge in [0.25, 0.3) is 0 Å². The van der Waals surface area contributed by atoms with Crippen molar-refractivity contribution in [2.24, 2.45) is 12.8 Å². The summed E-state index contributed by atoms with van der Waals surface area (Å²) in [5, 5.41) is 4.72. The summed E-state index contributed by atoms with van der Waals surface area (Å²) in [6, 6.07) is 4.31. The van der Waals surface area contributed by atoms with Gasteiger partial charge in [0.1, 0.15) is 23.3 Å². The maximum atomic E-state index is 13.8. The van der Waals surface area contributed by atoms with Crippen molar-refractivity contribution in [3.05, 3.63) is 46.0 Å². The van der Waals surface area contributed by atoms with Crippen LogP contribution in [-0.2, 0) is 13.7 Å². The first-order chi connectivity index (χ1) is 9.40. The second-order valence-corrected chi connectivity index (χ2v) is 5.10. The number of hydrogen-bond donors (Lipinski definition) is 1. The van der Waals surface area contributed by atoms with Gasteiger partial charge in [-0.25, -0.2) is 4.39 Å². The van der Waals surface area contributed by atoms with Crippen molar-refractivity contribution in [2.75, 3.05) is 0 Å². The van der Waals surface area contributed by atoms with E-state index in [1.807, 2.05) is 6.92 Å². The molecule has 0 spiro atoms. The molecular formula is C14H17ClFN3O. The molecule has 0 saturated carbocycles. The van der Waals surface area contributed by atoms with Gasteiger partial charge >= 0.3 is 0 Å². The minimum atomic E-state index is -0.369. The lowest BCUT2D eigenvalue weighted by atomic mass is 10.1. The van der Waals surface area contributed by atoms with E-state index in [1.165, 1.54) is 6.07 Å². The van der Waals surface area contributed by atoms with Gasteiger partial charge in [0, 0.05) is 30.3 Å². The summed E-state index contributed by atoms with van der Waals surface area (Å²) < 4.78 is 20.9. The molecule has 2 N–H and O–H groups in total. The molecule has 1 aromatic heterocycles. The molecule has 20 heavy (non-hydrogen) atoms. The van der Waals surface area contributed by atoms with Crippen molar-refractivity contribution in [3.8, 4) is 5.75 Å². The van der Waals surface area contributed by atoms with Gasteiger partial charge in [-0.3, -0.25) is 4.68 Å². The number of nitrogens with zero attached hydrogens (tertiary/aromatic N) is 2. The standard InChI is InChI=1S/C14H17ClFN3O/c1-8(17)11-5-4-10(6-13(11)16)20-7-12-9(2)18-19(3)14(12)15/h4-6,8H,7,17H2,1-3H3. The smallest absolute Gasteiger partial charge is 0.133 e. The third-order valence-electron chi connectivity index (χ3n) is 3.12. The lowest BCUT2D eigenvalue weighted by molar-refractivity contribution is 0.303. The van der Waals surface area contributed by atoms with Crippen LogP contribution in [-0.4, -0.2) is 9.78 Å². The van der Waals surface area contributed by atoms with Gasteiger partial charge in [0.15, 0.2) is 0 Å². The molecule has 0 aliphatic carbocycles. The van der Waals surface area contributed by atoms with Gasteiger partial charge in [0.05, 0.1) is 5.69 Å². The average Bonchev–Trinajstić information content (AvgIpc) is 2.61. The van der Waals surface area contributed by atoms with Crippen LogP contribution in [0.4, 0.5) is 4.39 Å². The average molecular weight is 298 g/mol. The molecule has 1 aromatic carbocycles. The Kier molecular flexibility index (Phi) is 4.30. The van der Waals surface area contributed by atoms with Crippen LogP contribution >= 0.6 is 11.6 Å². The Labute approximate surface area is 122 Å². The number of halogens is 2. The van der Waals surface area contributed by atoms with Gasteiger partial charge in [0.2, 0.25) is 0 Å². The highest BCUT2D eigenvalue weighted by Crippen LogP contribution is 2.24. The van der Waals surface area contributed by atoms with Crippen molar-refractivity contribution in [1.82, 2.24) is 9.78 Å². The summed E-state index contributed by atoms with van der Waals surface area (Å²) in [7, 11) is 1.76. The highest BCUT2D eigenvalue weighted by atomic mass is 35.5. The Bertz CT molecular complexity index is 625. The first-order valence-electron chi connectivity index (χ1n) is 6.26. The number of aryl methyl sites for hydroxylation is 2. The topological polar surface area (TPSA) is 53.1 Å². The van der Waals surface area contributed by atoms with Crippen molar-refractivity contribution in [3.63, 3.8) is 0 Å². The van der Waals surface area contributed by atoms with Gasteiger partial charge in [-0.05, 0) is 19.9 Å². The molecule has 0 bridgehead atoms. The number of nitrogens with two attached hydrogens (primary N) is 1. The Morgan fingerprint density at radius 2 is 2.20 bits per heavy atom. The minimum absolute atomic E-state index is 0.246. The van der Waals surface area contributed by atoms with E-state index >= 15 is 0 Å². The molecule has 2 rings (SSSR count). The summed E-state index contributed by atoms with van der Waals surface area (Å²) in [4.78, 5) is 0. The van der Waals surface area contributed by atoms with Crippen LogP contribution in [0.15, 0.2) is 18.2 Å². The van der Waals surface area contributed by atoms with Crippen LogP contribution in [0.1, 0.15) is 29.8 Å². The third-order valence-corrected chi connectivity index (χ3v) is 3.59. The lowest BCUT2D eigenvalue weighted by Crippen LogP contribution is -2.07. The third kappa shape index (κ3) is 2.94. The zero-order chi connectivity index (χ0) is 14.9. The summed E-state index contributed by atoms with van der Waals surface area (Å²) in [5.41, 5.74) is 7.72. The molecule has 4 nitrogen and oxygen atoms in total. The zero-order valence-electron chi connectivity index (χ0n) is 11.7. The van der Waals surface area contributed by atoms with E-state index in [-0.39, 0.29) is 18.5 Å². The minimum Gasteiger partial charge on any atom is -0.489 e. The maximum absolute atomic E-state index is 13.8. The van der Waals surface area contributed by atoms with Gasteiger partial charge < -0.3 is 10.5 Å². The van der Waals surface area contributed by atoms with Gasteiger partial charge in [-0.1, -0.05) is 17.7 Å². The molecule has 0 amide bonds. The number of ether oxygens (including phenoxy) is 1. The first-order valence-corrected chi connectivity index (χ1v) is 6.63. The largest absolute Gasteiger partial charge is 0.489 e. The highest BCUT2D eigenvalue weighted by molar-refractivity contribution is 6.30. The van der Waals surface area contributed by atoms with Crippen LogP contribution in [0.2, 0.25) is 5.15 Å². The quantitative estimate of drug-likeness (QED) is 0.943. The maximum Gasteiger partial charge on any atom is 0.133 e. The Hall–Kier alpha value is -1.59. The van der Waals surface area contributed by atoms with Crippen molar-refractivity contribution < 1.29 is 9.13 Å². The fourth-order valence-electron chi connectivity index (χ4n) is 1.96. The van der Waals surface area contributed by atoms with Crippen LogP contribution in [0.25, 0.3) is 0 Å². The molecule has 0 radical (unpaired) electrons. The predicted octanol–water partition coefficient (Wildman–Crippen LogP) is 3.12. The summed E-state index contributed by atoms with van der Waals surface area (Å²) in [6.07, 6.45) is 0. The van der Waals surface area contributed by atoms with Crippen molar-refractivity contribution in [2.45, 2.75) is 26.5 Å². The molecular weight excluding hydrogens is 281 g/mol. The van der Waals surface area contributed by atoms with E-state index in [0.717, 1.165) is 11.3 Å². The van der Waals surface area contributed by atoms with Crippen LogP contribution in [0.5, 0.6) is 5.75 Å². The molecule has 108 valence electrons. The Morgan fingerprint density at radius 1 is 1.50 bits per heavy atom. The van der Waals surface area contributed by atoms with E-state index < -0.39 is 0 Å². The zero-order valence-corrected chi connectivity index (χ0v) is 12.4. The monoisotopic (exact) mass is 297 g/mol. The van der Waals surface area contributed by atoms with E-state index in [1.54, 1.807) is 30.8 Å². The summed E-state index contributed by atoms with van der Waals surface area (Å²) in [5.74, 6) is 0.0673. The number of rotatable bonds is 4. The summed E-state index contributed by atoms with van der Waals surface area (Å²) in [6.45, 7) is 3.83. The van der Waals surface area contributed by atoms with E-state index in [4.69, 9.17) is 22.1 Å². The van der Waals surface area contributed by atoms with Crippen LogP contribution < -0.4 is 10.5 Å². The molecule has 2 aromatic rings. The van der Waals surface area contributed by atoms with E-state index in [2.05, 4.69) is 5.10 Å². The SMILES string of the molecule is Cc1nn(C)c(Cl)c1COc1ccc(C(C)N)c(F)c1. The number of benzene rings is 1. The van der Waals surface area contributed by atoms with Gasteiger partial charge in [-0.15, -0.1) is 0 Å². The first kappa shape index (κ1) is 14.8. The lowest BCUT2D eigenvalue weighted by Gasteiger charge is -2.10. The van der Waals surface area contributed by atoms with E-state index in [9.17, 15) is 4.39 Å². The second-order valence-electron chi connectivity index (χ2n) is 4.74. The molecule has 1 unspecified atom stereocenters. The molecule has 1 atom stereocenters. The molecule has 0 fully saturated rings. The fraction of sp³-hybridized carbons (Fsp3) is 0.357. The second kappa shape index (κ2) is 5.81. The molecule has 6 heteroatoms. The normalized spacial score (nSPS) is 12.5. The number of aromatic nitrogens is 2. The van der Waals surface area contributed by atoms with Crippen molar-refractivity contribution >= 4 is 11.6 Å². The molecule has 1 heterocycles. The van der Waals surface area contributed by atoms with Crippen molar-refractivity contribution in [1.29, 1.82) is 0 Å². The van der Waals surface area contributed by atoms with Gasteiger partial charge in [-0.2, -0.15) is 5.10 Å². The predicted molar refractivity (Wildman–Crippen MR) is 76.3 cm³/mol.